The van der Waals surface area contributed by atoms with Gasteiger partial charge >= 0.3 is 0 Å². The predicted molar refractivity (Wildman–Crippen MR) is 66.5 cm³/mol. The Hall–Kier alpha value is -1.68. The van der Waals surface area contributed by atoms with Gasteiger partial charge in [-0.25, -0.2) is 0 Å². The predicted octanol–water partition coefficient (Wildman–Crippen LogP) is 2.54. The third kappa shape index (κ3) is 3.14. The van der Waals surface area contributed by atoms with Crippen LogP contribution in [0, 0.1) is 6.92 Å². The second-order valence-electron chi connectivity index (χ2n) is 4.06. The van der Waals surface area contributed by atoms with E-state index in [-0.39, 0.29) is 0 Å². The van der Waals surface area contributed by atoms with E-state index in [9.17, 15) is 0 Å². The molecule has 4 nitrogen and oxygen atoms in total. The number of benzene rings is 1. The summed E-state index contributed by atoms with van der Waals surface area (Å²) in [6.07, 6.45) is 1.10. The molecule has 0 unspecified atom stereocenters. The zero-order valence-electron chi connectivity index (χ0n) is 10.2. The maximum Gasteiger partial charge on any atom is 0.240 e. The number of hydrogen-bond acceptors (Lipinski definition) is 4. The number of aryl methyl sites for hydroxylation is 1. The highest BCUT2D eigenvalue weighted by Gasteiger charge is 2.07. The van der Waals surface area contributed by atoms with Gasteiger partial charge in [-0.1, -0.05) is 35.8 Å². The number of hydrogen-bond donors (Lipinski definition) is 1. The molecule has 90 valence electrons. The number of nitrogens with zero attached hydrogens (tertiary/aromatic N) is 2. The lowest BCUT2D eigenvalue weighted by atomic mass is 10.1. The van der Waals surface area contributed by atoms with E-state index >= 15 is 0 Å². The molecule has 0 aliphatic heterocycles. The van der Waals surface area contributed by atoms with E-state index in [1.54, 1.807) is 0 Å². The average Bonchev–Trinajstić information content (AvgIpc) is 2.78. The van der Waals surface area contributed by atoms with Crippen molar-refractivity contribution in [1.82, 2.24) is 15.5 Å². The van der Waals surface area contributed by atoms with Gasteiger partial charge in [-0.15, -0.1) is 0 Å². The van der Waals surface area contributed by atoms with Crippen molar-refractivity contribution >= 4 is 0 Å². The Morgan fingerprint density at radius 2 is 2.24 bits per heavy atom. The van der Waals surface area contributed by atoms with Gasteiger partial charge in [0.25, 0.3) is 0 Å². The maximum atomic E-state index is 5.18. The van der Waals surface area contributed by atoms with Gasteiger partial charge in [0.15, 0.2) is 0 Å². The Morgan fingerprint density at radius 1 is 1.35 bits per heavy atom. The van der Waals surface area contributed by atoms with Gasteiger partial charge in [-0.05, 0) is 26.0 Å². The minimum Gasteiger partial charge on any atom is -0.338 e. The lowest BCUT2D eigenvalue weighted by molar-refractivity contribution is 0.368. The Morgan fingerprint density at radius 3 is 3.00 bits per heavy atom. The van der Waals surface area contributed by atoms with Gasteiger partial charge in [-0.2, -0.15) is 4.98 Å². The fraction of sp³-hybridized carbons (Fsp3) is 0.385. The molecule has 0 radical (unpaired) electrons. The van der Waals surface area contributed by atoms with Gasteiger partial charge < -0.3 is 9.84 Å². The van der Waals surface area contributed by atoms with Crippen molar-refractivity contribution in [3.8, 4) is 11.4 Å². The van der Waals surface area contributed by atoms with E-state index in [4.69, 9.17) is 4.52 Å². The number of aromatic nitrogens is 2. The molecule has 0 fully saturated rings. The average molecular weight is 231 g/mol. The van der Waals surface area contributed by atoms with Gasteiger partial charge in [0.2, 0.25) is 11.7 Å². The van der Waals surface area contributed by atoms with Crippen LogP contribution in [0.15, 0.2) is 28.8 Å². The number of nitrogens with one attached hydrogen (secondary N) is 1. The van der Waals surface area contributed by atoms with Crippen LogP contribution in [-0.2, 0) is 6.54 Å². The fourth-order valence-corrected chi connectivity index (χ4v) is 1.60. The topological polar surface area (TPSA) is 51.0 Å². The molecule has 1 aromatic heterocycles. The van der Waals surface area contributed by atoms with Crippen LogP contribution < -0.4 is 5.32 Å². The number of rotatable bonds is 5. The molecule has 0 atom stereocenters. The highest BCUT2D eigenvalue weighted by Crippen LogP contribution is 2.16. The van der Waals surface area contributed by atoms with Crippen LogP contribution in [0.5, 0.6) is 0 Å². The van der Waals surface area contributed by atoms with Crippen molar-refractivity contribution in [2.24, 2.45) is 0 Å². The largest absolute Gasteiger partial charge is 0.338 e. The Balaban J connectivity index is 2.07. The van der Waals surface area contributed by atoms with E-state index in [2.05, 4.69) is 22.4 Å². The van der Waals surface area contributed by atoms with Crippen molar-refractivity contribution in [1.29, 1.82) is 0 Å². The Labute approximate surface area is 101 Å². The van der Waals surface area contributed by atoms with Gasteiger partial charge in [0, 0.05) is 5.56 Å². The maximum absolute atomic E-state index is 5.18. The molecule has 0 saturated carbocycles. The van der Waals surface area contributed by atoms with Crippen LogP contribution >= 0.6 is 0 Å². The molecule has 0 saturated heterocycles. The van der Waals surface area contributed by atoms with Crippen LogP contribution in [-0.4, -0.2) is 16.7 Å². The van der Waals surface area contributed by atoms with Crippen LogP contribution in [0.1, 0.15) is 24.8 Å². The molecular formula is C13H17N3O. The van der Waals surface area contributed by atoms with Gasteiger partial charge in [0.05, 0.1) is 6.54 Å². The summed E-state index contributed by atoms with van der Waals surface area (Å²) in [7, 11) is 0. The molecular weight excluding hydrogens is 214 g/mol. The SMILES string of the molecule is CCCNCc1nc(-c2cccc(C)c2)no1. The minimum atomic E-state index is 0.632. The molecule has 0 aliphatic carbocycles. The first-order valence-electron chi connectivity index (χ1n) is 5.90. The van der Waals surface area contributed by atoms with E-state index in [1.165, 1.54) is 5.56 Å². The monoisotopic (exact) mass is 231 g/mol. The standard InChI is InChI=1S/C13H17N3O/c1-3-7-14-9-12-15-13(16-17-12)11-6-4-5-10(2)8-11/h4-6,8,14H,3,7,9H2,1-2H3. The molecule has 1 heterocycles. The molecule has 0 amide bonds. The molecule has 0 aliphatic rings. The minimum absolute atomic E-state index is 0.632. The molecule has 1 N–H and O–H groups in total. The third-order valence-electron chi connectivity index (χ3n) is 2.45. The van der Waals surface area contributed by atoms with Crippen LogP contribution in [0.4, 0.5) is 0 Å². The molecule has 1 aromatic carbocycles. The quantitative estimate of drug-likeness (QED) is 0.803. The summed E-state index contributed by atoms with van der Waals surface area (Å²) in [6.45, 7) is 5.76. The van der Waals surface area contributed by atoms with Crippen molar-refractivity contribution in [2.75, 3.05) is 6.54 Å². The smallest absolute Gasteiger partial charge is 0.240 e. The zero-order chi connectivity index (χ0) is 12.1. The van der Waals surface area contributed by atoms with Crippen LogP contribution in [0.2, 0.25) is 0 Å². The third-order valence-corrected chi connectivity index (χ3v) is 2.45. The van der Waals surface area contributed by atoms with E-state index < -0.39 is 0 Å². The first kappa shape index (κ1) is 11.8. The summed E-state index contributed by atoms with van der Waals surface area (Å²) in [5.41, 5.74) is 2.19. The van der Waals surface area contributed by atoms with E-state index in [0.29, 0.717) is 18.3 Å². The zero-order valence-corrected chi connectivity index (χ0v) is 10.2. The summed E-state index contributed by atoms with van der Waals surface area (Å²) >= 11 is 0. The highest BCUT2D eigenvalue weighted by atomic mass is 16.5. The van der Waals surface area contributed by atoms with E-state index in [0.717, 1.165) is 18.5 Å². The Kier molecular flexibility index (Phi) is 3.88. The van der Waals surface area contributed by atoms with Crippen LogP contribution in [0.25, 0.3) is 11.4 Å². The van der Waals surface area contributed by atoms with Gasteiger partial charge in [-0.3, -0.25) is 0 Å². The van der Waals surface area contributed by atoms with Crippen LogP contribution in [0.3, 0.4) is 0 Å². The van der Waals surface area contributed by atoms with Crippen molar-refractivity contribution in [3.63, 3.8) is 0 Å². The van der Waals surface area contributed by atoms with Crippen molar-refractivity contribution in [3.05, 3.63) is 35.7 Å². The summed E-state index contributed by atoms with van der Waals surface area (Å²) in [5.74, 6) is 1.29. The fourth-order valence-electron chi connectivity index (χ4n) is 1.60. The summed E-state index contributed by atoms with van der Waals surface area (Å²) in [4.78, 5) is 4.35. The first-order chi connectivity index (χ1) is 8.29. The van der Waals surface area contributed by atoms with E-state index in [1.807, 2.05) is 31.2 Å². The highest BCUT2D eigenvalue weighted by molar-refractivity contribution is 5.55. The Bertz CT molecular complexity index is 479. The second-order valence-corrected chi connectivity index (χ2v) is 4.06. The molecule has 0 bridgehead atoms. The molecule has 2 rings (SSSR count). The van der Waals surface area contributed by atoms with Gasteiger partial charge in [0.1, 0.15) is 0 Å². The lowest BCUT2D eigenvalue weighted by Crippen LogP contribution is -2.13. The molecule has 17 heavy (non-hydrogen) atoms. The second kappa shape index (κ2) is 5.59. The summed E-state index contributed by atoms with van der Waals surface area (Å²) in [6, 6.07) is 8.08. The summed E-state index contributed by atoms with van der Waals surface area (Å²) < 4.78 is 5.18. The molecule has 2 aromatic rings. The normalized spacial score (nSPS) is 10.7. The lowest BCUT2D eigenvalue weighted by Gasteiger charge is -1.96. The molecule has 4 heteroatoms. The van der Waals surface area contributed by atoms with Crippen molar-refractivity contribution < 1.29 is 4.52 Å². The summed E-state index contributed by atoms with van der Waals surface area (Å²) in [5, 5.41) is 7.21. The molecule has 0 spiro atoms. The first-order valence-corrected chi connectivity index (χ1v) is 5.90. The van der Waals surface area contributed by atoms with Crippen molar-refractivity contribution in [2.45, 2.75) is 26.8 Å².